The van der Waals surface area contributed by atoms with Crippen LogP contribution in [0.4, 0.5) is 0 Å². The van der Waals surface area contributed by atoms with Gasteiger partial charge in [-0.15, -0.1) is 0 Å². The zero-order valence-electron chi connectivity index (χ0n) is 12.5. The molecule has 2 N–H and O–H groups in total. The number of hydrogen-bond donors (Lipinski definition) is 1. The summed E-state index contributed by atoms with van der Waals surface area (Å²) in [5.74, 6) is 1.63. The first-order chi connectivity index (χ1) is 10.3. The minimum atomic E-state index is 0.443. The summed E-state index contributed by atoms with van der Waals surface area (Å²) in [5.41, 5.74) is 8.98. The highest BCUT2D eigenvalue weighted by Gasteiger charge is 2.10. The van der Waals surface area contributed by atoms with Crippen molar-refractivity contribution < 1.29 is 14.2 Å². The predicted molar refractivity (Wildman–Crippen MR) is 83.7 cm³/mol. The first-order valence-electron chi connectivity index (χ1n) is 6.88. The van der Waals surface area contributed by atoms with Gasteiger partial charge in [0.2, 0.25) is 0 Å². The minimum absolute atomic E-state index is 0.443. The average molecular weight is 287 g/mol. The molecule has 0 atom stereocenters. The monoisotopic (exact) mass is 287 g/mol. The van der Waals surface area contributed by atoms with E-state index in [2.05, 4.69) is 0 Å². The van der Waals surface area contributed by atoms with Gasteiger partial charge in [0, 0.05) is 19.2 Å². The molecule has 0 bridgehead atoms. The van der Waals surface area contributed by atoms with Gasteiger partial charge in [-0.3, -0.25) is 0 Å². The Morgan fingerprint density at radius 1 is 0.952 bits per heavy atom. The lowest BCUT2D eigenvalue weighted by Gasteiger charge is -2.15. The van der Waals surface area contributed by atoms with Crippen molar-refractivity contribution in [3.63, 3.8) is 0 Å². The van der Waals surface area contributed by atoms with Gasteiger partial charge in [-0.1, -0.05) is 24.3 Å². The molecule has 0 amide bonds. The van der Waals surface area contributed by atoms with Gasteiger partial charge in [-0.2, -0.15) is 0 Å². The molecular formula is C17H21NO3. The van der Waals surface area contributed by atoms with Gasteiger partial charge < -0.3 is 19.9 Å². The molecule has 0 aromatic heterocycles. The Morgan fingerprint density at radius 2 is 1.76 bits per heavy atom. The molecule has 0 saturated carbocycles. The zero-order valence-corrected chi connectivity index (χ0v) is 12.5. The van der Waals surface area contributed by atoms with E-state index in [1.165, 1.54) is 0 Å². The highest BCUT2D eigenvalue weighted by Crippen LogP contribution is 2.34. The number of para-hydroxylation sites is 1. The van der Waals surface area contributed by atoms with Crippen molar-refractivity contribution in [1.29, 1.82) is 0 Å². The summed E-state index contributed by atoms with van der Waals surface area (Å²) in [4.78, 5) is 0. The van der Waals surface area contributed by atoms with Gasteiger partial charge in [0.05, 0.1) is 13.7 Å². The molecule has 2 aromatic rings. The molecule has 0 radical (unpaired) electrons. The molecule has 0 heterocycles. The molecule has 0 aliphatic rings. The molecular weight excluding hydrogens is 266 g/mol. The van der Waals surface area contributed by atoms with Crippen molar-refractivity contribution in [1.82, 2.24) is 0 Å². The van der Waals surface area contributed by atoms with E-state index in [4.69, 9.17) is 19.9 Å². The maximum absolute atomic E-state index is 5.87. The number of hydrogen-bond acceptors (Lipinski definition) is 4. The van der Waals surface area contributed by atoms with Crippen molar-refractivity contribution in [3.05, 3.63) is 48.0 Å². The van der Waals surface area contributed by atoms with Crippen molar-refractivity contribution in [2.45, 2.75) is 6.54 Å². The van der Waals surface area contributed by atoms with E-state index in [1.54, 1.807) is 14.2 Å². The quantitative estimate of drug-likeness (QED) is 0.796. The Labute approximate surface area is 125 Å². The number of ether oxygens (including phenoxy) is 3. The van der Waals surface area contributed by atoms with Crippen LogP contribution in [0.2, 0.25) is 0 Å². The van der Waals surface area contributed by atoms with Crippen LogP contribution < -0.4 is 15.2 Å². The molecule has 0 saturated heterocycles. The molecule has 0 fully saturated rings. The van der Waals surface area contributed by atoms with Crippen LogP contribution in [0.15, 0.2) is 42.5 Å². The molecule has 0 aliphatic carbocycles. The fraction of sp³-hybridized carbons (Fsp3) is 0.294. The molecule has 4 nitrogen and oxygen atoms in total. The summed E-state index contributed by atoms with van der Waals surface area (Å²) in [7, 11) is 3.31. The van der Waals surface area contributed by atoms with E-state index < -0.39 is 0 Å². The third-order valence-corrected chi connectivity index (χ3v) is 3.25. The average Bonchev–Trinajstić information content (AvgIpc) is 2.55. The van der Waals surface area contributed by atoms with Gasteiger partial charge in [-0.25, -0.2) is 0 Å². The lowest BCUT2D eigenvalue weighted by Crippen LogP contribution is -2.06. The Morgan fingerprint density at radius 3 is 2.48 bits per heavy atom. The van der Waals surface area contributed by atoms with E-state index in [0.29, 0.717) is 19.8 Å². The largest absolute Gasteiger partial charge is 0.497 e. The Bertz CT molecular complexity index is 584. The maximum atomic E-state index is 5.87. The molecule has 0 unspecified atom stereocenters. The van der Waals surface area contributed by atoms with Crippen LogP contribution in [0.3, 0.4) is 0 Å². The van der Waals surface area contributed by atoms with Crippen molar-refractivity contribution in [2.75, 3.05) is 27.4 Å². The van der Waals surface area contributed by atoms with Crippen molar-refractivity contribution in [3.8, 4) is 22.6 Å². The van der Waals surface area contributed by atoms with E-state index in [1.807, 2.05) is 42.5 Å². The molecule has 21 heavy (non-hydrogen) atoms. The number of benzene rings is 2. The van der Waals surface area contributed by atoms with Gasteiger partial charge in [0.1, 0.15) is 18.1 Å². The lowest BCUT2D eigenvalue weighted by atomic mass is 9.98. The summed E-state index contributed by atoms with van der Waals surface area (Å²) in [6.07, 6.45) is 0. The standard InChI is InChI=1S/C17H21NO3/c1-19-9-10-21-17-6-4-3-5-16(17)15-8-7-14(20-2)11-13(15)12-18/h3-8,11H,9-10,12,18H2,1-2H3. The molecule has 112 valence electrons. The zero-order chi connectivity index (χ0) is 15.1. The summed E-state index contributed by atoms with van der Waals surface area (Å²) in [6.45, 7) is 1.52. The molecule has 4 heteroatoms. The van der Waals surface area contributed by atoms with E-state index >= 15 is 0 Å². The van der Waals surface area contributed by atoms with E-state index in [-0.39, 0.29) is 0 Å². The van der Waals surface area contributed by atoms with Crippen LogP contribution in [-0.2, 0) is 11.3 Å². The van der Waals surface area contributed by atoms with Crippen LogP contribution in [0.25, 0.3) is 11.1 Å². The van der Waals surface area contributed by atoms with Gasteiger partial charge in [-0.05, 0) is 29.3 Å². The van der Waals surface area contributed by atoms with Crippen LogP contribution in [0.5, 0.6) is 11.5 Å². The molecule has 2 aromatic carbocycles. The number of rotatable bonds is 7. The summed E-state index contributed by atoms with van der Waals surface area (Å²) in [6, 6.07) is 13.8. The Hall–Kier alpha value is -2.04. The second-order valence-corrected chi connectivity index (χ2v) is 4.56. The fourth-order valence-electron chi connectivity index (χ4n) is 2.18. The second-order valence-electron chi connectivity index (χ2n) is 4.56. The number of methoxy groups -OCH3 is 2. The highest BCUT2D eigenvalue weighted by molar-refractivity contribution is 5.74. The van der Waals surface area contributed by atoms with Crippen LogP contribution in [0, 0.1) is 0 Å². The van der Waals surface area contributed by atoms with Gasteiger partial charge in [0.25, 0.3) is 0 Å². The van der Waals surface area contributed by atoms with Gasteiger partial charge >= 0.3 is 0 Å². The minimum Gasteiger partial charge on any atom is -0.497 e. The summed E-state index contributed by atoms with van der Waals surface area (Å²) >= 11 is 0. The smallest absolute Gasteiger partial charge is 0.127 e. The lowest BCUT2D eigenvalue weighted by molar-refractivity contribution is 0.146. The maximum Gasteiger partial charge on any atom is 0.127 e. The first-order valence-corrected chi connectivity index (χ1v) is 6.88. The van der Waals surface area contributed by atoms with Gasteiger partial charge in [0.15, 0.2) is 0 Å². The van der Waals surface area contributed by atoms with Crippen LogP contribution in [0.1, 0.15) is 5.56 Å². The van der Waals surface area contributed by atoms with E-state index in [9.17, 15) is 0 Å². The third kappa shape index (κ3) is 3.74. The fourth-order valence-corrected chi connectivity index (χ4v) is 2.18. The molecule has 2 rings (SSSR count). The topological polar surface area (TPSA) is 53.7 Å². The normalized spacial score (nSPS) is 10.4. The summed E-state index contributed by atoms with van der Waals surface area (Å²) in [5, 5.41) is 0. The second kappa shape index (κ2) is 7.67. The molecule has 0 aliphatic heterocycles. The number of nitrogens with two attached hydrogens (primary N) is 1. The molecule has 0 spiro atoms. The van der Waals surface area contributed by atoms with Crippen molar-refractivity contribution in [2.24, 2.45) is 5.73 Å². The SMILES string of the molecule is COCCOc1ccccc1-c1ccc(OC)cc1CN. The highest BCUT2D eigenvalue weighted by atomic mass is 16.5. The summed E-state index contributed by atoms with van der Waals surface area (Å²) < 4.78 is 16.1. The first kappa shape index (κ1) is 15.4. The predicted octanol–water partition coefficient (Wildman–Crippen LogP) is 2.85. The van der Waals surface area contributed by atoms with Crippen LogP contribution >= 0.6 is 0 Å². The van der Waals surface area contributed by atoms with Crippen LogP contribution in [-0.4, -0.2) is 27.4 Å². The van der Waals surface area contributed by atoms with Crippen molar-refractivity contribution >= 4 is 0 Å². The third-order valence-electron chi connectivity index (χ3n) is 3.25. The Kier molecular flexibility index (Phi) is 5.60. The van der Waals surface area contributed by atoms with E-state index in [0.717, 1.165) is 28.2 Å². The Balaban J connectivity index is 2.37.